The Labute approximate surface area is 205 Å². The van der Waals surface area contributed by atoms with Crippen molar-refractivity contribution in [3.05, 3.63) is 75.0 Å². The van der Waals surface area contributed by atoms with E-state index >= 15 is 0 Å². The van der Waals surface area contributed by atoms with E-state index in [1.54, 1.807) is 24.3 Å². The van der Waals surface area contributed by atoms with Gasteiger partial charge in [-0.15, -0.1) is 0 Å². The lowest BCUT2D eigenvalue weighted by molar-refractivity contribution is -0.118. The summed E-state index contributed by atoms with van der Waals surface area (Å²) in [4.78, 5) is 35.8. The molecule has 10 heteroatoms. The number of carbonyl (C=O) groups is 1. The van der Waals surface area contributed by atoms with Gasteiger partial charge < -0.3 is 20.4 Å². The molecule has 0 unspecified atom stereocenters. The van der Waals surface area contributed by atoms with Gasteiger partial charge in [0.15, 0.2) is 0 Å². The number of hydrogen-bond donors (Lipinski definition) is 3. The van der Waals surface area contributed by atoms with E-state index in [1.807, 2.05) is 30.3 Å². The number of anilines is 2. The van der Waals surface area contributed by atoms with Crippen LogP contribution in [-0.2, 0) is 4.79 Å². The molecule has 0 saturated heterocycles. The van der Waals surface area contributed by atoms with E-state index in [9.17, 15) is 9.59 Å². The monoisotopic (exact) mass is 497 g/mol. The quantitative estimate of drug-likeness (QED) is 0.297. The molecule has 0 aliphatic heterocycles. The average Bonchev–Trinajstić information content (AvgIpc) is 2.79. The first kappa shape index (κ1) is 23.5. The molecule has 0 spiro atoms. The number of para-hydroxylation sites is 1. The maximum Gasteiger partial charge on any atom is 0.257 e. The summed E-state index contributed by atoms with van der Waals surface area (Å²) in [5.41, 5.74) is 1.36. The van der Waals surface area contributed by atoms with Crippen LogP contribution in [0.1, 0.15) is 13.3 Å². The van der Waals surface area contributed by atoms with Crippen molar-refractivity contribution in [2.45, 2.75) is 13.3 Å². The molecule has 2 aromatic carbocycles. The fraction of sp³-hybridized carbons (Fsp3) is 0.167. The van der Waals surface area contributed by atoms with E-state index in [0.717, 1.165) is 5.69 Å². The number of nitrogens with one attached hydrogen (secondary N) is 3. The highest BCUT2D eigenvalue weighted by molar-refractivity contribution is 6.39. The maximum atomic E-state index is 12.9. The Balaban J connectivity index is 1.76. The van der Waals surface area contributed by atoms with Gasteiger partial charge in [-0.1, -0.05) is 47.5 Å². The molecule has 3 N–H and O–H groups in total. The summed E-state index contributed by atoms with van der Waals surface area (Å²) in [6, 6.07) is 16.0. The van der Waals surface area contributed by atoms with Crippen molar-refractivity contribution < 1.29 is 9.53 Å². The Kier molecular flexibility index (Phi) is 7.30. The zero-order chi connectivity index (χ0) is 24.1. The highest BCUT2D eigenvalue weighted by atomic mass is 35.5. The zero-order valence-corrected chi connectivity index (χ0v) is 19.7. The lowest BCUT2D eigenvalue weighted by Gasteiger charge is -2.13. The number of H-pyrrole nitrogens is 1. The molecule has 0 aliphatic rings. The van der Waals surface area contributed by atoms with Crippen molar-refractivity contribution >= 4 is 51.8 Å². The van der Waals surface area contributed by atoms with Crippen molar-refractivity contribution in [2.24, 2.45) is 0 Å². The lowest BCUT2D eigenvalue weighted by atomic mass is 10.1. The number of rotatable bonds is 8. The third kappa shape index (κ3) is 5.47. The fourth-order valence-electron chi connectivity index (χ4n) is 3.32. The van der Waals surface area contributed by atoms with Gasteiger partial charge in [-0.05, 0) is 36.8 Å². The molecule has 0 atom stereocenters. The number of halogens is 2. The van der Waals surface area contributed by atoms with Gasteiger partial charge in [-0.2, -0.15) is 9.97 Å². The summed E-state index contributed by atoms with van der Waals surface area (Å²) in [6.45, 7) is 2.21. The first-order valence-electron chi connectivity index (χ1n) is 10.5. The lowest BCUT2D eigenvalue weighted by Crippen LogP contribution is -2.22. The Bertz CT molecular complexity index is 1370. The van der Waals surface area contributed by atoms with Crippen molar-refractivity contribution in [3.63, 3.8) is 0 Å². The van der Waals surface area contributed by atoms with Crippen LogP contribution in [0.2, 0.25) is 10.0 Å². The van der Waals surface area contributed by atoms with E-state index < -0.39 is 5.56 Å². The Morgan fingerprint density at radius 2 is 1.79 bits per heavy atom. The number of nitrogens with zero attached hydrogens (tertiary/aromatic N) is 2. The van der Waals surface area contributed by atoms with Gasteiger partial charge >= 0.3 is 0 Å². The van der Waals surface area contributed by atoms with E-state index in [4.69, 9.17) is 27.9 Å². The summed E-state index contributed by atoms with van der Waals surface area (Å²) in [5.74, 6) is 0.419. The topological polar surface area (TPSA) is 109 Å². The highest BCUT2D eigenvalue weighted by Crippen LogP contribution is 2.35. The second-order valence-electron chi connectivity index (χ2n) is 7.40. The molecule has 0 radical (unpaired) electrons. The Hall–Kier alpha value is -3.62. The summed E-state index contributed by atoms with van der Waals surface area (Å²) in [5, 5.41) is 7.02. The van der Waals surface area contributed by atoms with Crippen LogP contribution < -0.4 is 20.9 Å². The van der Waals surface area contributed by atoms with Crippen LogP contribution in [0.4, 0.5) is 11.6 Å². The predicted octanol–water partition coefficient (Wildman–Crippen LogP) is 4.94. The number of amides is 1. The number of pyridine rings is 1. The molecule has 0 saturated carbocycles. The molecule has 8 nitrogen and oxygen atoms in total. The molecule has 34 heavy (non-hydrogen) atoms. The maximum absolute atomic E-state index is 12.9. The molecule has 0 aliphatic carbocycles. The van der Waals surface area contributed by atoms with Crippen molar-refractivity contribution in [2.75, 3.05) is 18.5 Å². The van der Waals surface area contributed by atoms with Crippen LogP contribution in [0.15, 0.2) is 59.4 Å². The Morgan fingerprint density at radius 3 is 2.50 bits per heavy atom. The summed E-state index contributed by atoms with van der Waals surface area (Å²) in [7, 11) is 0. The number of fused-ring (bicyclic) bond motifs is 1. The average molecular weight is 498 g/mol. The van der Waals surface area contributed by atoms with Gasteiger partial charge in [0.25, 0.3) is 5.56 Å². The minimum absolute atomic E-state index is 0.110. The molecular formula is C24H21Cl2N5O3. The number of carbonyl (C=O) groups excluding carboxylic acids is 1. The number of aromatic amines is 1. The van der Waals surface area contributed by atoms with E-state index in [0.29, 0.717) is 46.2 Å². The van der Waals surface area contributed by atoms with E-state index in [-0.39, 0.29) is 23.3 Å². The first-order chi connectivity index (χ1) is 16.4. The minimum atomic E-state index is -0.400. The van der Waals surface area contributed by atoms with E-state index in [2.05, 4.69) is 25.6 Å². The normalized spacial score (nSPS) is 10.8. The largest absolute Gasteiger partial charge is 0.477 e. The molecule has 2 heterocycles. The first-order valence-corrected chi connectivity index (χ1v) is 11.3. The van der Waals surface area contributed by atoms with Crippen LogP contribution in [0.3, 0.4) is 0 Å². The van der Waals surface area contributed by atoms with Crippen LogP contribution >= 0.6 is 23.2 Å². The van der Waals surface area contributed by atoms with Gasteiger partial charge in [0.05, 0.1) is 27.6 Å². The Morgan fingerprint density at radius 1 is 1.06 bits per heavy atom. The summed E-state index contributed by atoms with van der Waals surface area (Å²) in [6.07, 6.45) is 0.569. The second kappa shape index (κ2) is 10.5. The highest BCUT2D eigenvalue weighted by Gasteiger charge is 2.17. The van der Waals surface area contributed by atoms with Gasteiger partial charge in [0, 0.05) is 24.7 Å². The number of hydrogen-bond acceptors (Lipinski definition) is 6. The van der Waals surface area contributed by atoms with Gasteiger partial charge in [0.2, 0.25) is 17.7 Å². The molecule has 1 amide bonds. The fourth-order valence-corrected chi connectivity index (χ4v) is 3.92. The van der Waals surface area contributed by atoms with Crippen molar-refractivity contribution in [1.29, 1.82) is 0 Å². The van der Waals surface area contributed by atoms with Crippen LogP contribution in [0, 0.1) is 0 Å². The summed E-state index contributed by atoms with van der Waals surface area (Å²) < 4.78 is 5.94. The van der Waals surface area contributed by atoms with Crippen LogP contribution in [-0.4, -0.2) is 34.0 Å². The van der Waals surface area contributed by atoms with Gasteiger partial charge in [-0.3, -0.25) is 9.59 Å². The van der Waals surface area contributed by atoms with Crippen LogP contribution in [0.5, 0.6) is 5.88 Å². The predicted molar refractivity (Wildman–Crippen MR) is 134 cm³/mol. The van der Waals surface area contributed by atoms with E-state index in [1.165, 1.54) is 6.92 Å². The summed E-state index contributed by atoms with van der Waals surface area (Å²) >= 11 is 12.7. The molecule has 2 aromatic heterocycles. The molecule has 4 rings (SSSR count). The zero-order valence-electron chi connectivity index (χ0n) is 18.2. The minimum Gasteiger partial charge on any atom is -0.477 e. The van der Waals surface area contributed by atoms with Gasteiger partial charge in [-0.25, -0.2) is 0 Å². The number of aromatic nitrogens is 3. The molecule has 0 fully saturated rings. The second-order valence-corrected chi connectivity index (χ2v) is 8.21. The molecule has 174 valence electrons. The standard InChI is InChI=1S/C24H21Cl2N5O3/c1-14(32)27-11-6-12-34-23-17-13-16(20-18(25)9-5-10-19(20)26)22(33)29-21(17)30-24(31-23)28-15-7-3-2-4-8-15/h2-5,7-10,13H,6,11-12H2,1H3,(H,27,32)(H2,28,29,30,31,33). The van der Waals surface area contributed by atoms with Crippen LogP contribution in [0.25, 0.3) is 22.2 Å². The van der Waals surface area contributed by atoms with Gasteiger partial charge in [0.1, 0.15) is 5.65 Å². The smallest absolute Gasteiger partial charge is 0.257 e. The van der Waals surface area contributed by atoms with Crippen molar-refractivity contribution in [3.8, 4) is 17.0 Å². The SMILES string of the molecule is CC(=O)NCCCOc1nc(Nc2ccccc2)nc2[nH]c(=O)c(-c3c(Cl)cccc3Cl)cc12. The van der Waals surface area contributed by atoms with Crippen molar-refractivity contribution in [1.82, 2.24) is 20.3 Å². The third-order valence-electron chi connectivity index (χ3n) is 4.87. The molecular weight excluding hydrogens is 477 g/mol. The molecule has 0 bridgehead atoms. The number of ether oxygens (including phenoxy) is 1. The molecule has 4 aromatic rings. The number of benzene rings is 2. The third-order valence-corrected chi connectivity index (χ3v) is 5.50.